The van der Waals surface area contributed by atoms with Gasteiger partial charge in [0.15, 0.2) is 0 Å². The largest absolute Gasteiger partial charge is 0.378 e. The smallest absolute Gasteiger partial charge is 0.225 e. The van der Waals surface area contributed by atoms with Crippen molar-refractivity contribution in [3.63, 3.8) is 0 Å². The maximum absolute atomic E-state index is 12.9. The van der Waals surface area contributed by atoms with E-state index in [1.807, 2.05) is 12.3 Å². The third-order valence-electron chi connectivity index (χ3n) is 6.88. The van der Waals surface area contributed by atoms with Gasteiger partial charge in [-0.2, -0.15) is 0 Å². The van der Waals surface area contributed by atoms with E-state index in [0.29, 0.717) is 18.5 Å². The number of hydrogen-bond acceptors (Lipinski definition) is 5. The minimum Gasteiger partial charge on any atom is -0.378 e. The minimum atomic E-state index is 0.127. The Morgan fingerprint density at radius 3 is 2.70 bits per heavy atom. The Morgan fingerprint density at radius 2 is 1.90 bits per heavy atom. The lowest BCUT2D eigenvalue weighted by Gasteiger charge is -2.31. The molecule has 3 saturated heterocycles. The van der Waals surface area contributed by atoms with E-state index in [2.05, 4.69) is 63.0 Å². The van der Waals surface area contributed by atoms with Gasteiger partial charge in [0.2, 0.25) is 5.91 Å². The number of nitrogens with zero attached hydrogens (tertiary/aromatic N) is 4. The maximum Gasteiger partial charge on any atom is 0.225 e. The Hall–Kier alpha value is -2.44. The van der Waals surface area contributed by atoms with E-state index in [-0.39, 0.29) is 11.9 Å². The molecule has 3 aliphatic rings. The van der Waals surface area contributed by atoms with Crippen LogP contribution >= 0.6 is 0 Å². The number of amides is 1. The van der Waals surface area contributed by atoms with E-state index < -0.39 is 0 Å². The zero-order valence-electron chi connectivity index (χ0n) is 17.6. The molecule has 3 atom stereocenters. The summed E-state index contributed by atoms with van der Waals surface area (Å²) in [5.41, 5.74) is 2.49. The number of ether oxygens (including phenoxy) is 1. The predicted octanol–water partition coefficient (Wildman–Crippen LogP) is 2.85. The number of pyridine rings is 1. The van der Waals surface area contributed by atoms with Crippen molar-refractivity contribution in [1.29, 1.82) is 0 Å². The summed E-state index contributed by atoms with van der Waals surface area (Å²) in [6.45, 7) is 7.39. The first-order chi connectivity index (χ1) is 14.7. The number of morpholine rings is 1. The van der Waals surface area contributed by atoms with Crippen molar-refractivity contribution in [3.05, 3.63) is 59.8 Å². The summed E-state index contributed by atoms with van der Waals surface area (Å²) in [6.07, 6.45) is 3.59. The molecule has 6 heteroatoms. The lowest BCUT2D eigenvalue weighted by atomic mass is 10.0. The van der Waals surface area contributed by atoms with Crippen molar-refractivity contribution in [2.24, 2.45) is 0 Å². The van der Waals surface area contributed by atoms with Crippen LogP contribution in [0.3, 0.4) is 0 Å². The number of anilines is 1. The third-order valence-corrected chi connectivity index (χ3v) is 6.88. The molecule has 0 N–H and O–H groups in total. The average molecular weight is 407 g/mol. The molecule has 158 valence electrons. The zero-order valence-corrected chi connectivity index (χ0v) is 17.6. The van der Waals surface area contributed by atoms with Gasteiger partial charge in [0.05, 0.1) is 19.3 Å². The van der Waals surface area contributed by atoms with Gasteiger partial charge in [-0.15, -0.1) is 0 Å². The van der Waals surface area contributed by atoms with E-state index in [4.69, 9.17) is 4.74 Å². The summed E-state index contributed by atoms with van der Waals surface area (Å²) in [4.78, 5) is 24.4. The summed E-state index contributed by atoms with van der Waals surface area (Å²) in [6, 6.07) is 15.5. The van der Waals surface area contributed by atoms with Crippen LogP contribution in [0.2, 0.25) is 0 Å². The molecule has 2 aromatic rings. The second-order valence-corrected chi connectivity index (χ2v) is 8.61. The molecule has 3 aliphatic heterocycles. The molecule has 3 fully saturated rings. The van der Waals surface area contributed by atoms with Crippen molar-refractivity contribution in [2.45, 2.75) is 44.4 Å². The fourth-order valence-electron chi connectivity index (χ4n) is 5.31. The summed E-state index contributed by atoms with van der Waals surface area (Å²) in [7, 11) is 0. The molecule has 0 aliphatic carbocycles. The third kappa shape index (κ3) is 3.70. The number of rotatable bonds is 5. The van der Waals surface area contributed by atoms with E-state index in [9.17, 15) is 4.79 Å². The van der Waals surface area contributed by atoms with Crippen LogP contribution in [0.5, 0.6) is 0 Å². The molecule has 1 aromatic carbocycles. The Bertz CT molecular complexity index is 884. The van der Waals surface area contributed by atoms with Gasteiger partial charge in [-0.25, -0.2) is 4.98 Å². The molecule has 1 unspecified atom stereocenters. The Morgan fingerprint density at radius 1 is 1.10 bits per heavy atom. The summed E-state index contributed by atoms with van der Waals surface area (Å²) in [5, 5.41) is 0. The van der Waals surface area contributed by atoms with Crippen LogP contribution in [0.1, 0.15) is 36.9 Å². The van der Waals surface area contributed by atoms with Crippen LogP contribution in [0.4, 0.5) is 5.82 Å². The number of aromatic nitrogens is 1. The lowest BCUT2D eigenvalue weighted by Crippen LogP contribution is -2.38. The number of fused-ring (bicyclic) bond motifs is 1. The number of carbonyl (C=O) groups is 1. The number of likely N-dealkylation sites (tertiary alicyclic amines) is 2. The van der Waals surface area contributed by atoms with Crippen molar-refractivity contribution >= 4 is 11.7 Å². The highest BCUT2D eigenvalue weighted by Gasteiger charge is 2.48. The van der Waals surface area contributed by atoms with Gasteiger partial charge < -0.3 is 14.5 Å². The first-order valence-electron chi connectivity index (χ1n) is 11.1. The van der Waals surface area contributed by atoms with Crippen LogP contribution in [-0.2, 0) is 16.1 Å². The highest BCUT2D eigenvalue weighted by molar-refractivity contribution is 5.80. The predicted molar refractivity (Wildman–Crippen MR) is 116 cm³/mol. The van der Waals surface area contributed by atoms with Gasteiger partial charge in [-0.1, -0.05) is 30.3 Å². The van der Waals surface area contributed by atoms with E-state index in [0.717, 1.165) is 51.6 Å². The first kappa shape index (κ1) is 19.5. The molecular formula is C24H30N4O2. The van der Waals surface area contributed by atoms with Crippen molar-refractivity contribution < 1.29 is 9.53 Å². The van der Waals surface area contributed by atoms with Gasteiger partial charge in [0, 0.05) is 50.9 Å². The van der Waals surface area contributed by atoms with Crippen LogP contribution < -0.4 is 4.90 Å². The van der Waals surface area contributed by atoms with E-state index in [1.165, 1.54) is 11.1 Å². The molecule has 6 nitrogen and oxygen atoms in total. The van der Waals surface area contributed by atoms with Gasteiger partial charge in [-0.3, -0.25) is 9.69 Å². The van der Waals surface area contributed by atoms with Gasteiger partial charge in [0.25, 0.3) is 0 Å². The van der Waals surface area contributed by atoms with Crippen LogP contribution in [0.25, 0.3) is 0 Å². The Balaban J connectivity index is 1.29. The highest BCUT2D eigenvalue weighted by atomic mass is 16.5. The van der Waals surface area contributed by atoms with Crippen LogP contribution in [0, 0.1) is 0 Å². The summed E-state index contributed by atoms with van der Waals surface area (Å²) >= 11 is 0. The molecule has 0 spiro atoms. The SMILES string of the molecule is CC(c1ccccc1)N1C(=O)C[C@H]2[C@@H]1CCN2Cc1ccnc(N2CCOCC2)c1. The molecule has 0 saturated carbocycles. The second-order valence-electron chi connectivity index (χ2n) is 8.61. The quantitative estimate of drug-likeness (QED) is 0.764. The normalized spacial score (nSPS) is 25.6. The molecule has 1 aromatic heterocycles. The van der Waals surface area contributed by atoms with Gasteiger partial charge in [-0.05, 0) is 36.6 Å². The van der Waals surface area contributed by atoms with Crippen LogP contribution in [-0.4, -0.2) is 65.6 Å². The van der Waals surface area contributed by atoms with Crippen molar-refractivity contribution in [3.8, 4) is 0 Å². The van der Waals surface area contributed by atoms with Gasteiger partial charge in [0.1, 0.15) is 5.82 Å². The average Bonchev–Trinajstić information content (AvgIpc) is 3.33. The van der Waals surface area contributed by atoms with E-state index >= 15 is 0 Å². The monoisotopic (exact) mass is 406 g/mol. The Kier molecular flexibility index (Phi) is 5.44. The number of carbonyl (C=O) groups excluding carboxylic acids is 1. The first-order valence-corrected chi connectivity index (χ1v) is 11.1. The molecule has 5 rings (SSSR count). The maximum atomic E-state index is 12.9. The summed E-state index contributed by atoms with van der Waals surface area (Å²) < 4.78 is 5.46. The fourth-order valence-corrected chi connectivity index (χ4v) is 5.31. The molecule has 0 bridgehead atoms. The molecule has 30 heavy (non-hydrogen) atoms. The lowest BCUT2D eigenvalue weighted by molar-refractivity contribution is -0.131. The fraction of sp³-hybridized carbons (Fsp3) is 0.500. The molecule has 0 radical (unpaired) electrons. The zero-order chi connectivity index (χ0) is 20.5. The second kappa shape index (κ2) is 8.36. The molecule has 4 heterocycles. The molecular weight excluding hydrogens is 376 g/mol. The van der Waals surface area contributed by atoms with Crippen molar-refractivity contribution in [1.82, 2.24) is 14.8 Å². The summed E-state index contributed by atoms with van der Waals surface area (Å²) in [5.74, 6) is 1.32. The topological polar surface area (TPSA) is 48.9 Å². The van der Waals surface area contributed by atoms with Gasteiger partial charge >= 0.3 is 0 Å². The van der Waals surface area contributed by atoms with E-state index in [1.54, 1.807) is 0 Å². The minimum absolute atomic E-state index is 0.127. The number of benzene rings is 1. The molecule has 1 amide bonds. The van der Waals surface area contributed by atoms with Crippen molar-refractivity contribution in [2.75, 3.05) is 37.7 Å². The Labute approximate surface area is 178 Å². The standard InChI is InChI=1S/C24H30N4O2/c1-18(20-5-3-2-4-6-20)28-21-8-10-27(22(21)16-24(28)29)17-19-7-9-25-23(15-19)26-11-13-30-14-12-26/h2-7,9,15,18,21-22H,8,10-14,16-17H2,1H3/t18?,21-,22-/m0/s1. The highest BCUT2D eigenvalue weighted by Crippen LogP contribution is 2.38. The number of hydrogen-bond donors (Lipinski definition) is 0. The van der Waals surface area contributed by atoms with Crippen LogP contribution in [0.15, 0.2) is 48.7 Å².